The molecule has 0 spiro atoms. The Morgan fingerprint density at radius 3 is 2.88 bits per heavy atom. The van der Waals surface area contributed by atoms with Crippen molar-refractivity contribution in [2.75, 3.05) is 45.3 Å². The average molecular weight is 359 g/mol. The molecule has 138 valence electrons. The molecule has 7 heteroatoms. The van der Waals surface area contributed by atoms with Gasteiger partial charge in [0.15, 0.2) is 18.2 Å². The second-order valence-electron chi connectivity index (χ2n) is 6.23. The van der Waals surface area contributed by atoms with E-state index in [0.29, 0.717) is 19.7 Å². The first-order chi connectivity index (χ1) is 12.5. The van der Waals surface area contributed by atoms with Crippen molar-refractivity contribution in [2.45, 2.75) is 6.10 Å². The van der Waals surface area contributed by atoms with Gasteiger partial charge in [0.2, 0.25) is 0 Å². The molecule has 2 aromatic rings. The number of carbonyl (C=O) groups excluding carboxylic acids is 1. The van der Waals surface area contributed by atoms with Crippen LogP contribution in [0.2, 0.25) is 0 Å². The number of pyridine rings is 1. The van der Waals surface area contributed by atoms with Crippen LogP contribution in [0.5, 0.6) is 5.75 Å². The highest BCUT2D eigenvalue weighted by atomic mass is 19.1. The fourth-order valence-corrected chi connectivity index (χ4v) is 2.72. The van der Waals surface area contributed by atoms with Gasteiger partial charge in [-0.2, -0.15) is 0 Å². The van der Waals surface area contributed by atoms with Crippen molar-refractivity contribution in [3.8, 4) is 5.75 Å². The highest BCUT2D eigenvalue weighted by Crippen LogP contribution is 2.23. The van der Waals surface area contributed by atoms with Gasteiger partial charge in [0, 0.05) is 20.6 Å². The number of carbonyl (C=O) groups is 1. The maximum Gasteiger partial charge on any atom is 0.260 e. The third-order valence-electron chi connectivity index (χ3n) is 4.15. The number of nitrogens with zero attached hydrogens (tertiary/aromatic N) is 3. The summed E-state index contributed by atoms with van der Waals surface area (Å²) >= 11 is 0. The third kappa shape index (κ3) is 4.29. The van der Waals surface area contributed by atoms with Crippen molar-refractivity contribution in [1.29, 1.82) is 0 Å². The Kier molecular flexibility index (Phi) is 5.68. The van der Waals surface area contributed by atoms with E-state index in [-0.39, 0.29) is 24.4 Å². The predicted octanol–water partition coefficient (Wildman–Crippen LogP) is 2.27. The SMILES string of the molecule is CN(C)c1cccc(C2CN(C(=O)COc3ccccc3F)CCO2)n1. The van der Waals surface area contributed by atoms with E-state index in [1.807, 2.05) is 37.2 Å². The van der Waals surface area contributed by atoms with E-state index in [0.717, 1.165) is 11.5 Å². The van der Waals surface area contributed by atoms with Crippen LogP contribution in [0.1, 0.15) is 11.8 Å². The first-order valence-electron chi connectivity index (χ1n) is 8.45. The second kappa shape index (κ2) is 8.14. The minimum Gasteiger partial charge on any atom is -0.481 e. The summed E-state index contributed by atoms with van der Waals surface area (Å²) in [5.74, 6) is 0.221. The van der Waals surface area contributed by atoms with E-state index >= 15 is 0 Å². The molecule has 1 aliphatic heterocycles. The number of ether oxygens (including phenoxy) is 2. The number of aromatic nitrogens is 1. The van der Waals surface area contributed by atoms with Crippen LogP contribution < -0.4 is 9.64 Å². The normalized spacial score (nSPS) is 17.0. The summed E-state index contributed by atoms with van der Waals surface area (Å²) in [5, 5.41) is 0. The van der Waals surface area contributed by atoms with Crippen LogP contribution in [0.3, 0.4) is 0 Å². The predicted molar refractivity (Wildman–Crippen MR) is 95.7 cm³/mol. The number of anilines is 1. The topological polar surface area (TPSA) is 54.9 Å². The molecule has 3 rings (SSSR count). The lowest BCUT2D eigenvalue weighted by molar-refractivity contribution is -0.141. The molecule has 1 saturated heterocycles. The Morgan fingerprint density at radius 1 is 1.31 bits per heavy atom. The van der Waals surface area contributed by atoms with E-state index in [9.17, 15) is 9.18 Å². The first kappa shape index (κ1) is 18.1. The molecule has 1 amide bonds. The monoisotopic (exact) mass is 359 g/mol. The summed E-state index contributed by atoms with van der Waals surface area (Å²) in [7, 11) is 3.84. The van der Waals surface area contributed by atoms with Crippen LogP contribution in [-0.4, -0.2) is 56.2 Å². The minimum atomic E-state index is -0.482. The lowest BCUT2D eigenvalue weighted by atomic mass is 10.2. The number of hydrogen-bond donors (Lipinski definition) is 0. The summed E-state index contributed by atoms with van der Waals surface area (Å²) < 4.78 is 24.7. The fraction of sp³-hybridized carbons (Fsp3) is 0.368. The van der Waals surface area contributed by atoms with E-state index in [4.69, 9.17) is 9.47 Å². The van der Waals surface area contributed by atoms with Crippen LogP contribution in [-0.2, 0) is 9.53 Å². The highest BCUT2D eigenvalue weighted by Gasteiger charge is 2.27. The molecule has 1 aliphatic rings. The minimum absolute atomic E-state index is 0.0750. The molecule has 1 fully saturated rings. The number of halogens is 1. The van der Waals surface area contributed by atoms with Gasteiger partial charge in [-0.3, -0.25) is 4.79 Å². The van der Waals surface area contributed by atoms with Crippen LogP contribution in [0, 0.1) is 5.82 Å². The van der Waals surface area contributed by atoms with Crippen molar-refractivity contribution in [1.82, 2.24) is 9.88 Å². The molecule has 6 nitrogen and oxygen atoms in total. The maximum atomic E-state index is 13.6. The molecule has 0 bridgehead atoms. The molecule has 1 aromatic heterocycles. The zero-order valence-corrected chi connectivity index (χ0v) is 14.9. The molecule has 0 N–H and O–H groups in total. The van der Waals surface area contributed by atoms with Gasteiger partial charge in [-0.25, -0.2) is 9.37 Å². The van der Waals surface area contributed by atoms with Crippen molar-refractivity contribution in [3.63, 3.8) is 0 Å². The number of rotatable bonds is 5. The van der Waals surface area contributed by atoms with Gasteiger partial charge in [0.1, 0.15) is 11.9 Å². The standard InChI is InChI=1S/C19H22FN3O3/c1-22(2)18-9-5-7-15(21-18)17-12-23(10-11-25-17)19(24)13-26-16-8-4-3-6-14(16)20/h3-9,17H,10-13H2,1-2H3. The van der Waals surface area contributed by atoms with Gasteiger partial charge in [0.25, 0.3) is 5.91 Å². The van der Waals surface area contributed by atoms with E-state index in [1.165, 1.54) is 12.1 Å². The average Bonchev–Trinajstić information content (AvgIpc) is 2.67. The molecular weight excluding hydrogens is 337 g/mol. The Labute approximate surface area is 152 Å². The first-order valence-corrected chi connectivity index (χ1v) is 8.45. The second-order valence-corrected chi connectivity index (χ2v) is 6.23. The lowest BCUT2D eigenvalue weighted by Gasteiger charge is -2.33. The molecule has 1 atom stereocenters. The van der Waals surface area contributed by atoms with Crippen LogP contribution in [0.4, 0.5) is 10.2 Å². The van der Waals surface area contributed by atoms with Crippen molar-refractivity contribution >= 4 is 11.7 Å². The van der Waals surface area contributed by atoms with Gasteiger partial charge in [-0.15, -0.1) is 0 Å². The largest absolute Gasteiger partial charge is 0.481 e. The van der Waals surface area contributed by atoms with E-state index < -0.39 is 5.82 Å². The molecule has 26 heavy (non-hydrogen) atoms. The number of morpholine rings is 1. The molecule has 0 radical (unpaired) electrons. The van der Waals surface area contributed by atoms with Gasteiger partial charge < -0.3 is 19.3 Å². The lowest BCUT2D eigenvalue weighted by Crippen LogP contribution is -2.44. The molecule has 1 aromatic carbocycles. The number of hydrogen-bond acceptors (Lipinski definition) is 5. The summed E-state index contributed by atoms with van der Waals surface area (Å²) in [4.78, 5) is 20.6. The van der Waals surface area contributed by atoms with Gasteiger partial charge in [0.05, 0.1) is 18.8 Å². The van der Waals surface area contributed by atoms with Crippen molar-refractivity contribution < 1.29 is 18.7 Å². The van der Waals surface area contributed by atoms with E-state index in [2.05, 4.69) is 4.98 Å². The highest BCUT2D eigenvalue weighted by molar-refractivity contribution is 5.78. The Hall–Kier alpha value is -2.67. The smallest absolute Gasteiger partial charge is 0.260 e. The van der Waals surface area contributed by atoms with Crippen LogP contribution >= 0.6 is 0 Å². The van der Waals surface area contributed by atoms with Crippen LogP contribution in [0.25, 0.3) is 0 Å². The van der Waals surface area contributed by atoms with Gasteiger partial charge in [-0.05, 0) is 24.3 Å². The van der Waals surface area contributed by atoms with E-state index in [1.54, 1.807) is 17.0 Å². The number of benzene rings is 1. The molecule has 1 unspecified atom stereocenters. The zero-order valence-electron chi connectivity index (χ0n) is 14.9. The van der Waals surface area contributed by atoms with Gasteiger partial charge in [-0.1, -0.05) is 18.2 Å². The maximum absolute atomic E-state index is 13.6. The molecule has 2 heterocycles. The van der Waals surface area contributed by atoms with Crippen molar-refractivity contribution in [3.05, 3.63) is 54.0 Å². The number of amides is 1. The summed E-state index contributed by atoms with van der Waals surface area (Å²) in [6.07, 6.45) is -0.291. The zero-order chi connectivity index (χ0) is 18.5. The molecular formula is C19H22FN3O3. The summed E-state index contributed by atoms with van der Waals surface area (Å²) in [5.41, 5.74) is 0.781. The fourth-order valence-electron chi connectivity index (χ4n) is 2.72. The Balaban J connectivity index is 1.62. The summed E-state index contributed by atoms with van der Waals surface area (Å²) in [6.45, 7) is 1.08. The van der Waals surface area contributed by atoms with Gasteiger partial charge >= 0.3 is 0 Å². The van der Waals surface area contributed by atoms with Crippen LogP contribution in [0.15, 0.2) is 42.5 Å². The summed E-state index contributed by atoms with van der Waals surface area (Å²) in [6, 6.07) is 11.8. The Morgan fingerprint density at radius 2 is 2.12 bits per heavy atom. The number of para-hydroxylation sites is 1. The molecule has 0 saturated carbocycles. The quantitative estimate of drug-likeness (QED) is 0.820. The Bertz CT molecular complexity index is 769. The molecule has 0 aliphatic carbocycles. The third-order valence-corrected chi connectivity index (χ3v) is 4.15. The van der Waals surface area contributed by atoms with Crippen molar-refractivity contribution in [2.24, 2.45) is 0 Å².